The fourth-order valence-electron chi connectivity index (χ4n) is 2.04. The summed E-state index contributed by atoms with van der Waals surface area (Å²) in [7, 11) is 0. The van der Waals surface area contributed by atoms with Gasteiger partial charge in [-0.1, -0.05) is 11.6 Å². The van der Waals surface area contributed by atoms with Gasteiger partial charge in [0, 0.05) is 31.4 Å². The second-order valence-electron chi connectivity index (χ2n) is 6.13. The van der Waals surface area contributed by atoms with Gasteiger partial charge < -0.3 is 20.2 Å². The molecule has 0 fully saturated rings. The number of nitrogens with two attached hydrogens (primary N) is 1. The number of carbonyl (C=O) groups is 1. The molecule has 22 heavy (non-hydrogen) atoms. The van der Waals surface area contributed by atoms with Crippen LogP contribution in [0.15, 0.2) is 24.5 Å². The number of alkyl carbamates (subject to hydrolysis) is 1. The molecule has 0 aliphatic carbocycles. The van der Waals surface area contributed by atoms with Crippen LogP contribution in [0.4, 0.5) is 4.79 Å². The number of hydrogen-bond acceptors (Lipinski definition) is 4. The number of fused-ring (bicyclic) bond motifs is 1. The van der Waals surface area contributed by atoms with Gasteiger partial charge in [-0.05, 0) is 32.9 Å². The summed E-state index contributed by atoms with van der Waals surface area (Å²) in [6.45, 7) is 5.75. The van der Waals surface area contributed by atoms with Crippen molar-refractivity contribution >= 4 is 23.3 Å². The van der Waals surface area contributed by atoms with Crippen molar-refractivity contribution in [2.75, 3.05) is 6.54 Å². The van der Waals surface area contributed by atoms with E-state index in [9.17, 15) is 4.79 Å². The largest absolute Gasteiger partial charge is 0.444 e. The van der Waals surface area contributed by atoms with Gasteiger partial charge >= 0.3 is 6.09 Å². The molecule has 0 bridgehead atoms. The van der Waals surface area contributed by atoms with Crippen molar-refractivity contribution in [1.82, 2.24) is 14.7 Å². The van der Waals surface area contributed by atoms with E-state index >= 15 is 0 Å². The zero-order valence-corrected chi connectivity index (χ0v) is 13.7. The molecule has 1 amide bonds. The molecule has 2 aromatic heterocycles. The maximum Gasteiger partial charge on any atom is 0.407 e. The van der Waals surface area contributed by atoms with E-state index in [1.165, 1.54) is 0 Å². The van der Waals surface area contributed by atoms with Crippen LogP contribution in [0, 0.1) is 0 Å². The van der Waals surface area contributed by atoms with Crippen molar-refractivity contribution in [3.63, 3.8) is 0 Å². The van der Waals surface area contributed by atoms with Gasteiger partial charge in [-0.2, -0.15) is 0 Å². The van der Waals surface area contributed by atoms with Crippen molar-refractivity contribution < 1.29 is 9.53 Å². The zero-order chi connectivity index (χ0) is 16.3. The summed E-state index contributed by atoms with van der Waals surface area (Å²) in [5.41, 5.74) is 6.81. The van der Waals surface area contributed by atoms with E-state index in [-0.39, 0.29) is 6.04 Å². The minimum Gasteiger partial charge on any atom is -0.444 e. The number of carbonyl (C=O) groups excluding carboxylic acids is 1. The van der Waals surface area contributed by atoms with Gasteiger partial charge in [0.1, 0.15) is 11.2 Å². The van der Waals surface area contributed by atoms with Crippen LogP contribution in [0.2, 0.25) is 5.02 Å². The van der Waals surface area contributed by atoms with Gasteiger partial charge in [0.25, 0.3) is 0 Å². The molecule has 0 aliphatic heterocycles. The van der Waals surface area contributed by atoms with Crippen molar-refractivity contribution in [1.29, 1.82) is 0 Å². The summed E-state index contributed by atoms with van der Waals surface area (Å²) in [4.78, 5) is 16.3. The summed E-state index contributed by atoms with van der Waals surface area (Å²) >= 11 is 5.95. The Balaban J connectivity index is 2.03. The normalized spacial score (nSPS) is 13.1. The molecule has 1 unspecified atom stereocenters. The van der Waals surface area contributed by atoms with Crippen LogP contribution >= 0.6 is 11.6 Å². The minimum atomic E-state index is -0.539. The quantitative estimate of drug-likeness (QED) is 0.904. The number of pyridine rings is 1. The molecule has 6 nitrogen and oxygen atoms in total. The molecule has 120 valence electrons. The molecule has 0 radical (unpaired) electrons. The fourth-order valence-corrected chi connectivity index (χ4v) is 2.20. The molecular weight excluding hydrogens is 304 g/mol. The van der Waals surface area contributed by atoms with Crippen LogP contribution in [0.5, 0.6) is 0 Å². The van der Waals surface area contributed by atoms with Crippen LogP contribution in [-0.2, 0) is 11.2 Å². The molecule has 0 aliphatic rings. The Morgan fingerprint density at radius 1 is 1.45 bits per heavy atom. The second-order valence-corrected chi connectivity index (χ2v) is 6.56. The molecule has 2 aromatic rings. The van der Waals surface area contributed by atoms with E-state index < -0.39 is 11.7 Å². The second kappa shape index (κ2) is 6.54. The lowest BCUT2D eigenvalue weighted by Crippen LogP contribution is -2.44. The highest BCUT2D eigenvalue weighted by Gasteiger charge is 2.19. The summed E-state index contributed by atoms with van der Waals surface area (Å²) in [5.74, 6) is 0. The van der Waals surface area contributed by atoms with E-state index in [1.54, 1.807) is 12.3 Å². The SMILES string of the molecule is CC(C)(C)OC(=O)NC(CN)Cc1cn2cc(Cl)ccc2n1. The Labute approximate surface area is 134 Å². The number of nitrogens with zero attached hydrogens (tertiary/aromatic N) is 2. The summed E-state index contributed by atoms with van der Waals surface area (Å²) in [6, 6.07) is 3.38. The first-order valence-corrected chi connectivity index (χ1v) is 7.47. The molecular formula is C15H21ClN4O2. The number of hydrogen-bond donors (Lipinski definition) is 2. The lowest BCUT2D eigenvalue weighted by molar-refractivity contribution is 0.0506. The molecule has 0 spiro atoms. The number of ether oxygens (including phenoxy) is 1. The topological polar surface area (TPSA) is 81.6 Å². The number of amides is 1. The number of aromatic nitrogens is 2. The smallest absolute Gasteiger partial charge is 0.407 e. The maximum absolute atomic E-state index is 11.8. The van der Waals surface area contributed by atoms with Gasteiger partial charge in [0.15, 0.2) is 0 Å². The Hall–Kier alpha value is -1.79. The maximum atomic E-state index is 11.8. The van der Waals surface area contributed by atoms with E-state index in [2.05, 4.69) is 10.3 Å². The number of halogens is 1. The van der Waals surface area contributed by atoms with Gasteiger partial charge in [-0.3, -0.25) is 0 Å². The molecule has 0 aromatic carbocycles. The van der Waals surface area contributed by atoms with Gasteiger partial charge in [-0.25, -0.2) is 9.78 Å². The molecule has 7 heteroatoms. The first kappa shape index (κ1) is 16.6. The monoisotopic (exact) mass is 324 g/mol. The van der Waals surface area contributed by atoms with Crippen LogP contribution < -0.4 is 11.1 Å². The highest BCUT2D eigenvalue weighted by Crippen LogP contribution is 2.13. The highest BCUT2D eigenvalue weighted by molar-refractivity contribution is 6.30. The van der Waals surface area contributed by atoms with E-state index in [1.807, 2.05) is 37.4 Å². The zero-order valence-electron chi connectivity index (χ0n) is 13.0. The third-order valence-corrected chi connectivity index (χ3v) is 3.15. The predicted octanol–water partition coefficient (Wildman–Crippen LogP) is 2.38. The van der Waals surface area contributed by atoms with Crippen LogP contribution in [0.1, 0.15) is 26.5 Å². The van der Waals surface area contributed by atoms with Crippen molar-refractivity contribution in [3.05, 3.63) is 35.2 Å². The number of nitrogens with one attached hydrogen (secondary N) is 1. The fraction of sp³-hybridized carbons (Fsp3) is 0.467. The first-order valence-electron chi connectivity index (χ1n) is 7.09. The van der Waals surface area contributed by atoms with Crippen LogP contribution in [0.3, 0.4) is 0 Å². The first-order chi connectivity index (χ1) is 10.3. The summed E-state index contributed by atoms with van der Waals surface area (Å²) in [5, 5.41) is 3.40. The molecule has 0 saturated heterocycles. The van der Waals surface area contributed by atoms with Crippen molar-refractivity contribution in [2.45, 2.75) is 38.8 Å². The van der Waals surface area contributed by atoms with Crippen molar-refractivity contribution in [2.24, 2.45) is 5.73 Å². The lowest BCUT2D eigenvalue weighted by atomic mass is 10.1. The Kier molecular flexibility index (Phi) is 4.93. The Morgan fingerprint density at radius 3 is 2.82 bits per heavy atom. The van der Waals surface area contributed by atoms with Crippen LogP contribution in [-0.4, -0.2) is 33.7 Å². The minimum absolute atomic E-state index is 0.241. The average molecular weight is 325 g/mol. The van der Waals surface area contributed by atoms with E-state index in [4.69, 9.17) is 22.1 Å². The summed E-state index contributed by atoms with van der Waals surface area (Å²) in [6.07, 6.45) is 3.71. The molecule has 1 atom stereocenters. The molecule has 2 heterocycles. The summed E-state index contributed by atoms with van der Waals surface area (Å²) < 4.78 is 7.08. The highest BCUT2D eigenvalue weighted by atomic mass is 35.5. The average Bonchev–Trinajstić information content (AvgIpc) is 2.77. The van der Waals surface area contributed by atoms with Crippen molar-refractivity contribution in [3.8, 4) is 0 Å². The Morgan fingerprint density at radius 2 is 2.18 bits per heavy atom. The Bertz CT molecular complexity index is 663. The standard InChI is InChI=1S/C15H21ClN4O2/c1-15(2,3)22-14(21)19-11(7-17)6-12-9-20-8-10(16)4-5-13(20)18-12/h4-5,8-9,11H,6-7,17H2,1-3H3,(H,19,21). The predicted molar refractivity (Wildman–Crippen MR) is 86.1 cm³/mol. The van der Waals surface area contributed by atoms with Crippen LogP contribution in [0.25, 0.3) is 5.65 Å². The third kappa shape index (κ3) is 4.61. The van der Waals surface area contributed by atoms with Gasteiger partial charge in [0.2, 0.25) is 0 Å². The number of imidazole rings is 1. The van der Waals surface area contributed by atoms with E-state index in [0.717, 1.165) is 11.3 Å². The van der Waals surface area contributed by atoms with Gasteiger partial charge in [-0.15, -0.1) is 0 Å². The molecule has 0 saturated carbocycles. The molecule has 3 N–H and O–H groups in total. The van der Waals surface area contributed by atoms with E-state index in [0.29, 0.717) is 18.0 Å². The third-order valence-electron chi connectivity index (χ3n) is 2.93. The molecule has 2 rings (SSSR count). The number of rotatable bonds is 4. The van der Waals surface area contributed by atoms with Gasteiger partial charge in [0.05, 0.1) is 10.7 Å². The lowest BCUT2D eigenvalue weighted by Gasteiger charge is -2.22.